The van der Waals surface area contributed by atoms with E-state index in [1.807, 2.05) is 12.1 Å². The predicted molar refractivity (Wildman–Crippen MR) is 101 cm³/mol. The minimum Gasteiger partial charge on any atom is -0.483 e. The fourth-order valence-electron chi connectivity index (χ4n) is 3.61. The molecule has 1 heterocycles. The molecule has 1 aliphatic carbocycles. The predicted octanol–water partition coefficient (Wildman–Crippen LogP) is 2.96. The van der Waals surface area contributed by atoms with Crippen LogP contribution in [0.25, 0.3) is 0 Å². The van der Waals surface area contributed by atoms with Crippen molar-refractivity contribution in [1.29, 1.82) is 0 Å². The third kappa shape index (κ3) is 3.56. The Labute approximate surface area is 157 Å². The van der Waals surface area contributed by atoms with Crippen molar-refractivity contribution in [3.8, 4) is 5.75 Å². The van der Waals surface area contributed by atoms with Gasteiger partial charge in [-0.05, 0) is 37.1 Å². The lowest BCUT2D eigenvalue weighted by Gasteiger charge is -2.17. The van der Waals surface area contributed by atoms with Crippen molar-refractivity contribution in [1.82, 2.24) is 0 Å². The van der Waals surface area contributed by atoms with Gasteiger partial charge in [0.2, 0.25) is 5.91 Å². The first-order valence-corrected chi connectivity index (χ1v) is 9.10. The van der Waals surface area contributed by atoms with Crippen LogP contribution in [0.5, 0.6) is 5.75 Å². The van der Waals surface area contributed by atoms with Gasteiger partial charge in [-0.2, -0.15) is 0 Å². The first-order valence-electron chi connectivity index (χ1n) is 9.10. The van der Waals surface area contributed by atoms with E-state index in [-0.39, 0.29) is 24.2 Å². The Balaban J connectivity index is 1.39. The van der Waals surface area contributed by atoms with Gasteiger partial charge in [0.1, 0.15) is 5.75 Å². The van der Waals surface area contributed by atoms with Crippen LogP contribution in [-0.4, -0.2) is 30.7 Å². The zero-order valence-corrected chi connectivity index (χ0v) is 14.9. The minimum atomic E-state index is -0.290. The molecular formula is C21H20N2O4. The van der Waals surface area contributed by atoms with Gasteiger partial charge >= 0.3 is 0 Å². The maximum Gasteiger partial charge on any atom is 0.262 e. The zero-order chi connectivity index (χ0) is 18.8. The number of amides is 2. The first-order chi connectivity index (χ1) is 13.1. The van der Waals surface area contributed by atoms with Crippen molar-refractivity contribution in [2.24, 2.45) is 0 Å². The van der Waals surface area contributed by atoms with Gasteiger partial charge in [0, 0.05) is 41.9 Å². The van der Waals surface area contributed by atoms with Crippen LogP contribution in [0.1, 0.15) is 35.2 Å². The van der Waals surface area contributed by atoms with E-state index in [0.717, 1.165) is 17.7 Å². The molecule has 2 aromatic carbocycles. The van der Waals surface area contributed by atoms with E-state index in [0.29, 0.717) is 42.8 Å². The number of carbonyl (C=O) groups is 3. The molecule has 6 nitrogen and oxygen atoms in total. The van der Waals surface area contributed by atoms with Crippen molar-refractivity contribution in [2.75, 3.05) is 23.4 Å². The Hall–Kier alpha value is -3.15. The first kappa shape index (κ1) is 17.3. The van der Waals surface area contributed by atoms with E-state index in [4.69, 9.17) is 4.74 Å². The van der Waals surface area contributed by atoms with Crippen LogP contribution in [0.2, 0.25) is 0 Å². The normalized spacial score (nSPS) is 15.8. The largest absolute Gasteiger partial charge is 0.483 e. The molecule has 4 rings (SSSR count). The summed E-state index contributed by atoms with van der Waals surface area (Å²) < 4.78 is 5.65. The molecule has 0 spiro atoms. The second-order valence-electron chi connectivity index (χ2n) is 6.74. The Bertz CT molecular complexity index is 922. The van der Waals surface area contributed by atoms with E-state index >= 15 is 0 Å². The molecule has 27 heavy (non-hydrogen) atoms. The number of nitrogens with one attached hydrogen (secondary N) is 1. The molecule has 2 aliphatic rings. The molecule has 0 unspecified atom stereocenters. The number of hydrogen-bond acceptors (Lipinski definition) is 4. The fourth-order valence-corrected chi connectivity index (χ4v) is 3.61. The number of carbonyl (C=O) groups excluding carboxylic acids is 3. The van der Waals surface area contributed by atoms with E-state index in [1.165, 1.54) is 0 Å². The van der Waals surface area contributed by atoms with Gasteiger partial charge in [-0.15, -0.1) is 0 Å². The Morgan fingerprint density at radius 2 is 1.93 bits per heavy atom. The summed E-state index contributed by atoms with van der Waals surface area (Å²) in [6.07, 6.45) is 2.56. The van der Waals surface area contributed by atoms with Crippen molar-refractivity contribution >= 4 is 29.0 Å². The summed E-state index contributed by atoms with van der Waals surface area (Å²) in [5.41, 5.74) is 2.98. The standard InChI is InChI=1S/C21H20N2O4/c24-18-10-9-17-16(18)6-2-7-19(17)27-13-20(25)22-14-4-1-5-15(12-14)23-11-3-8-21(23)26/h1-2,4-7,12H,3,8-11,13H2,(H,22,25). The number of nitrogens with zero attached hydrogens (tertiary/aromatic N) is 1. The highest BCUT2D eigenvalue weighted by Gasteiger charge is 2.23. The van der Waals surface area contributed by atoms with Crippen molar-refractivity contribution < 1.29 is 19.1 Å². The summed E-state index contributed by atoms with van der Waals surface area (Å²) >= 11 is 0. The lowest BCUT2D eigenvalue weighted by Crippen LogP contribution is -2.24. The number of ether oxygens (including phenoxy) is 1. The quantitative estimate of drug-likeness (QED) is 0.885. The molecular weight excluding hydrogens is 344 g/mol. The summed E-state index contributed by atoms with van der Waals surface area (Å²) in [5.74, 6) is 0.522. The molecule has 0 saturated carbocycles. The highest BCUT2D eigenvalue weighted by atomic mass is 16.5. The smallest absolute Gasteiger partial charge is 0.262 e. The fraction of sp³-hybridized carbons (Fsp3) is 0.286. The Kier molecular flexibility index (Phi) is 4.62. The van der Waals surface area contributed by atoms with E-state index < -0.39 is 0 Å². The van der Waals surface area contributed by atoms with Gasteiger partial charge in [-0.1, -0.05) is 18.2 Å². The number of anilines is 2. The molecule has 1 N–H and O–H groups in total. The van der Waals surface area contributed by atoms with Crippen LogP contribution in [-0.2, 0) is 16.0 Å². The summed E-state index contributed by atoms with van der Waals surface area (Å²) in [5, 5.41) is 2.80. The molecule has 0 atom stereocenters. The monoisotopic (exact) mass is 364 g/mol. The zero-order valence-electron chi connectivity index (χ0n) is 14.9. The number of fused-ring (bicyclic) bond motifs is 1. The Morgan fingerprint density at radius 1 is 1.07 bits per heavy atom. The van der Waals surface area contributed by atoms with Crippen LogP contribution in [0.4, 0.5) is 11.4 Å². The minimum absolute atomic E-state index is 0.106. The van der Waals surface area contributed by atoms with Crippen molar-refractivity contribution in [3.05, 3.63) is 53.6 Å². The lowest BCUT2D eigenvalue weighted by atomic mass is 10.1. The molecule has 2 amide bonds. The van der Waals surface area contributed by atoms with E-state index in [9.17, 15) is 14.4 Å². The SMILES string of the molecule is O=C(COc1cccc2c1CCC2=O)Nc1cccc(N2CCCC2=O)c1. The maximum absolute atomic E-state index is 12.3. The third-order valence-electron chi connectivity index (χ3n) is 4.91. The molecule has 1 saturated heterocycles. The topological polar surface area (TPSA) is 75.7 Å². The van der Waals surface area contributed by atoms with Gasteiger partial charge < -0.3 is 15.0 Å². The van der Waals surface area contributed by atoms with Gasteiger partial charge in [0.05, 0.1) is 0 Å². The van der Waals surface area contributed by atoms with Crippen LogP contribution in [0.3, 0.4) is 0 Å². The van der Waals surface area contributed by atoms with Crippen LogP contribution >= 0.6 is 0 Å². The highest BCUT2D eigenvalue weighted by Crippen LogP contribution is 2.30. The molecule has 0 radical (unpaired) electrons. The maximum atomic E-state index is 12.3. The molecule has 0 aromatic heterocycles. The summed E-state index contributed by atoms with van der Waals surface area (Å²) in [7, 11) is 0. The van der Waals surface area contributed by atoms with E-state index in [2.05, 4.69) is 5.32 Å². The molecule has 1 fully saturated rings. The van der Waals surface area contributed by atoms with Crippen molar-refractivity contribution in [2.45, 2.75) is 25.7 Å². The number of benzene rings is 2. The average molecular weight is 364 g/mol. The Morgan fingerprint density at radius 3 is 2.74 bits per heavy atom. The highest BCUT2D eigenvalue weighted by molar-refractivity contribution is 6.01. The van der Waals surface area contributed by atoms with Crippen LogP contribution < -0.4 is 15.0 Å². The van der Waals surface area contributed by atoms with Gasteiger partial charge in [-0.25, -0.2) is 0 Å². The lowest BCUT2D eigenvalue weighted by molar-refractivity contribution is -0.118. The van der Waals surface area contributed by atoms with Crippen LogP contribution in [0.15, 0.2) is 42.5 Å². The van der Waals surface area contributed by atoms with Gasteiger partial charge in [0.25, 0.3) is 5.91 Å². The molecule has 1 aliphatic heterocycles. The average Bonchev–Trinajstić information content (AvgIpc) is 3.26. The molecule has 138 valence electrons. The van der Waals surface area contributed by atoms with Gasteiger partial charge in [-0.3, -0.25) is 14.4 Å². The summed E-state index contributed by atoms with van der Waals surface area (Å²) in [6, 6.07) is 12.6. The van der Waals surface area contributed by atoms with E-state index in [1.54, 1.807) is 35.2 Å². The third-order valence-corrected chi connectivity index (χ3v) is 4.91. The molecule has 2 aromatic rings. The number of ketones is 1. The number of hydrogen-bond donors (Lipinski definition) is 1. The molecule has 6 heteroatoms. The summed E-state index contributed by atoms with van der Waals surface area (Å²) in [6.45, 7) is 0.564. The van der Waals surface area contributed by atoms with Gasteiger partial charge in [0.15, 0.2) is 12.4 Å². The van der Waals surface area contributed by atoms with Crippen molar-refractivity contribution in [3.63, 3.8) is 0 Å². The number of Topliss-reactive ketones (excluding diaryl/α,β-unsaturated/α-hetero) is 1. The second-order valence-corrected chi connectivity index (χ2v) is 6.74. The summed E-state index contributed by atoms with van der Waals surface area (Å²) in [4.78, 5) is 37.7. The second kappa shape index (κ2) is 7.23. The number of rotatable bonds is 5. The molecule has 0 bridgehead atoms. The van der Waals surface area contributed by atoms with Crippen LogP contribution in [0, 0.1) is 0 Å².